The zero-order valence-electron chi connectivity index (χ0n) is 18.8. The summed E-state index contributed by atoms with van der Waals surface area (Å²) in [5.41, 5.74) is 2.49. The highest BCUT2D eigenvalue weighted by atomic mass is 16.5. The summed E-state index contributed by atoms with van der Waals surface area (Å²) in [5.74, 6) is -1.93. The third-order valence-electron chi connectivity index (χ3n) is 5.90. The maximum Gasteiger partial charge on any atom is 0.339 e. The van der Waals surface area contributed by atoms with E-state index in [1.807, 2.05) is 45.8 Å². The monoisotopic (exact) mass is 491 g/mol. The van der Waals surface area contributed by atoms with Gasteiger partial charge < -0.3 is 29.7 Å². The fourth-order valence-electron chi connectivity index (χ4n) is 4.45. The summed E-state index contributed by atoms with van der Waals surface area (Å²) in [7, 11) is 0. The number of aliphatic carboxylic acids is 2. The fraction of sp³-hybridized carbons (Fsp3) is 0.160. The number of aromatic carboxylic acids is 1. The quantitative estimate of drug-likeness (QED) is 0.343. The molecule has 11 nitrogen and oxygen atoms in total. The van der Waals surface area contributed by atoms with Crippen LogP contribution >= 0.6 is 0 Å². The van der Waals surface area contributed by atoms with Crippen LogP contribution in [0, 0.1) is 0 Å². The summed E-state index contributed by atoms with van der Waals surface area (Å²) in [5, 5.41) is 28.7. The van der Waals surface area contributed by atoms with Gasteiger partial charge in [-0.1, -0.05) is 0 Å². The van der Waals surface area contributed by atoms with E-state index in [4.69, 9.17) is 24.8 Å². The van der Waals surface area contributed by atoms with E-state index in [0.29, 0.717) is 30.6 Å². The highest BCUT2D eigenvalue weighted by Gasteiger charge is 2.28. The second kappa shape index (κ2) is 9.02. The average molecular weight is 491 g/mol. The van der Waals surface area contributed by atoms with Crippen molar-refractivity contribution in [3.63, 3.8) is 0 Å². The Morgan fingerprint density at radius 1 is 0.806 bits per heavy atom. The van der Waals surface area contributed by atoms with E-state index in [1.54, 1.807) is 24.3 Å². The summed E-state index contributed by atoms with van der Waals surface area (Å²) in [6, 6.07) is 14.3. The minimum Gasteiger partial charge on any atom is -0.480 e. The Labute approximate surface area is 203 Å². The molecule has 11 heteroatoms. The molecule has 3 N–H and O–H groups in total. The molecule has 182 valence electrons. The van der Waals surface area contributed by atoms with Crippen molar-refractivity contribution < 1.29 is 48.3 Å². The lowest BCUT2D eigenvalue weighted by Gasteiger charge is -2.21. The molecule has 2 aliphatic rings. The summed E-state index contributed by atoms with van der Waals surface area (Å²) in [6.07, 6.45) is 3.74. The predicted octanol–water partition coefficient (Wildman–Crippen LogP) is 1.63. The van der Waals surface area contributed by atoms with Crippen LogP contribution in [0.1, 0.15) is 10.4 Å². The Morgan fingerprint density at radius 2 is 1.47 bits per heavy atom. The molecular formula is C25H21N3O8+2. The topological polar surface area (TPSA) is 141 Å². The van der Waals surface area contributed by atoms with Crippen LogP contribution in [0.4, 0.5) is 5.69 Å². The number of hydrogen-bond acceptors (Lipinski definition) is 6. The number of anilines is 1. The summed E-state index contributed by atoms with van der Waals surface area (Å²) < 4.78 is 14.7. The Balaban J connectivity index is 0.000000156. The molecule has 4 aromatic rings. The SMILES string of the molecule is O=C(O)CN(CC(=O)O)c1ccc2c3c1ccc[n+]3CO2.O=C(O)c1ccc2ccc[n+]3c2c1OC3. The highest BCUT2D eigenvalue weighted by Crippen LogP contribution is 2.34. The van der Waals surface area contributed by atoms with Gasteiger partial charge in [-0.2, -0.15) is 9.13 Å². The molecule has 36 heavy (non-hydrogen) atoms. The van der Waals surface area contributed by atoms with Crippen molar-refractivity contribution in [1.82, 2.24) is 0 Å². The highest BCUT2D eigenvalue weighted by molar-refractivity contribution is 5.98. The molecule has 0 amide bonds. The number of ether oxygens (including phenoxy) is 2. The van der Waals surface area contributed by atoms with Gasteiger partial charge in [0.05, 0.1) is 16.5 Å². The number of nitrogens with zero attached hydrogens (tertiary/aromatic N) is 3. The molecule has 2 aromatic carbocycles. The lowest BCUT2D eigenvalue weighted by Crippen LogP contribution is -2.35. The van der Waals surface area contributed by atoms with Gasteiger partial charge in [0.25, 0.3) is 24.5 Å². The van der Waals surface area contributed by atoms with Crippen LogP contribution in [0.25, 0.3) is 21.8 Å². The normalized spacial score (nSPS) is 12.4. The Kier molecular flexibility index (Phi) is 5.72. The Hall–Kier alpha value is -4.93. The first-order chi connectivity index (χ1) is 17.3. The molecule has 0 atom stereocenters. The summed E-state index contributed by atoms with van der Waals surface area (Å²) in [6.45, 7) is 0.0257. The van der Waals surface area contributed by atoms with Crippen LogP contribution in [0.15, 0.2) is 60.9 Å². The van der Waals surface area contributed by atoms with Crippen molar-refractivity contribution in [2.24, 2.45) is 0 Å². The molecule has 4 heterocycles. The van der Waals surface area contributed by atoms with Crippen LogP contribution in [-0.4, -0.2) is 46.3 Å². The molecule has 0 saturated heterocycles. The number of pyridine rings is 2. The van der Waals surface area contributed by atoms with Crippen LogP contribution in [-0.2, 0) is 23.1 Å². The first kappa shape index (κ1) is 22.8. The first-order valence-corrected chi connectivity index (χ1v) is 10.9. The van der Waals surface area contributed by atoms with E-state index in [-0.39, 0.29) is 18.7 Å². The summed E-state index contributed by atoms with van der Waals surface area (Å²) >= 11 is 0. The Morgan fingerprint density at radius 3 is 2.17 bits per heavy atom. The maximum absolute atomic E-state index is 11.0. The molecule has 0 radical (unpaired) electrons. The molecular weight excluding hydrogens is 470 g/mol. The van der Waals surface area contributed by atoms with Crippen molar-refractivity contribution in [2.75, 3.05) is 18.0 Å². The summed E-state index contributed by atoms with van der Waals surface area (Å²) in [4.78, 5) is 34.2. The van der Waals surface area contributed by atoms with E-state index < -0.39 is 17.9 Å². The van der Waals surface area contributed by atoms with E-state index in [1.165, 1.54) is 4.90 Å². The molecule has 0 saturated carbocycles. The van der Waals surface area contributed by atoms with Gasteiger partial charge in [0, 0.05) is 12.1 Å². The van der Waals surface area contributed by atoms with Crippen molar-refractivity contribution in [1.29, 1.82) is 0 Å². The number of carboxylic acid groups (broad SMARTS) is 3. The average Bonchev–Trinajstić information content (AvgIpc) is 3.46. The van der Waals surface area contributed by atoms with Crippen molar-refractivity contribution in [2.45, 2.75) is 13.5 Å². The Bertz CT molecular complexity index is 1530. The van der Waals surface area contributed by atoms with Gasteiger partial charge in [0.1, 0.15) is 18.7 Å². The molecule has 0 spiro atoms. The minimum absolute atomic E-state index is 0.222. The first-order valence-electron chi connectivity index (χ1n) is 10.9. The van der Waals surface area contributed by atoms with Gasteiger partial charge in [-0.25, -0.2) is 4.79 Å². The van der Waals surface area contributed by atoms with Crippen LogP contribution < -0.4 is 23.5 Å². The van der Waals surface area contributed by atoms with Crippen molar-refractivity contribution >= 4 is 45.4 Å². The van der Waals surface area contributed by atoms with E-state index in [0.717, 1.165) is 21.8 Å². The number of rotatable bonds is 6. The predicted molar refractivity (Wildman–Crippen MR) is 124 cm³/mol. The van der Waals surface area contributed by atoms with Gasteiger partial charge in [-0.3, -0.25) is 9.59 Å². The molecule has 6 rings (SSSR count). The maximum atomic E-state index is 11.0. The molecule has 0 unspecified atom stereocenters. The lowest BCUT2D eigenvalue weighted by molar-refractivity contribution is -0.688. The molecule has 2 aliphatic heterocycles. The van der Waals surface area contributed by atoms with Gasteiger partial charge >= 0.3 is 17.9 Å². The van der Waals surface area contributed by atoms with Gasteiger partial charge in [-0.05, 0) is 36.4 Å². The molecule has 0 fully saturated rings. The smallest absolute Gasteiger partial charge is 0.339 e. The number of aromatic nitrogens is 2. The van der Waals surface area contributed by atoms with E-state index in [9.17, 15) is 14.4 Å². The second-order valence-electron chi connectivity index (χ2n) is 8.18. The number of hydrogen-bond donors (Lipinski definition) is 3. The standard InChI is InChI=1S/C14H12N2O5.C11H7NO3/c17-12(18)6-16(7-13(19)20)10-3-4-11-14-9(10)2-1-5-15(14)8-21-11;13-11(14)8-4-3-7-2-1-5-12-6-15-10(8)9(7)12/h1-5H,6-8H2,(H-,17,18,19,20);1-5H,6H2/p+2. The van der Waals surface area contributed by atoms with Crippen LogP contribution in [0.5, 0.6) is 11.5 Å². The van der Waals surface area contributed by atoms with Gasteiger partial charge in [0.2, 0.25) is 5.75 Å². The van der Waals surface area contributed by atoms with Crippen LogP contribution in [0.3, 0.4) is 0 Å². The zero-order valence-corrected chi connectivity index (χ0v) is 18.8. The third-order valence-corrected chi connectivity index (χ3v) is 5.90. The van der Waals surface area contributed by atoms with Gasteiger partial charge in [-0.15, -0.1) is 0 Å². The van der Waals surface area contributed by atoms with Crippen molar-refractivity contribution in [3.05, 3.63) is 66.5 Å². The minimum atomic E-state index is -1.08. The number of carboxylic acids is 3. The fourth-order valence-corrected chi connectivity index (χ4v) is 4.45. The van der Waals surface area contributed by atoms with Crippen LogP contribution in [0.2, 0.25) is 0 Å². The zero-order chi connectivity index (χ0) is 25.4. The molecule has 0 bridgehead atoms. The molecule has 2 aromatic heterocycles. The second-order valence-corrected chi connectivity index (χ2v) is 8.18. The third kappa shape index (κ3) is 4.06. The van der Waals surface area contributed by atoms with Gasteiger partial charge in [0.15, 0.2) is 18.1 Å². The van der Waals surface area contributed by atoms with Crippen molar-refractivity contribution in [3.8, 4) is 11.5 Å². The molecule has 0 aliphatic carbocycles. The number of carbonyl (C=O) groups is 3. The van der Waals surface area contributed by atoms with E-state index in [2.05, 4.69) is 0 Å². The largest absolute Gasteiger partial charge is 0.480 e. The number of benzene rings is 2. The van der Waals surface area contributed by atoms with E-state index >= 15 is 0 Å². The lowest BCUT2D eigenvalue weighted by atomic mass is 10.1.